The zero-order valence-electron chi connectivity index (χ0n) is 10.3. The number of fused-ring (bicyclic) bond motifs is 1. The van der Waals surface area contributed by atoms with Crippen LogP contribution >= 0.6 is 0 Å². The maximum Gasteiger partial charge on any atom is -0.00542 e. The van der Waals surface area contributed by atoms with E-state index in [0.29, 0.717) is 0 Å². The maximum atomic E-state index is 2.31. The molecule has 0 nitrogen and oxygen atoms in total. The van der Waals surface area contributed by atoms with E-state index in [2.05, 4.69) is 62.4 Å². The molecule has 84 valence electrons. The predicted molar refractivity (Wildman–Crippen MR) is 73.0 cm³/mol. The van der Waals surface area contributed by atoms with Gasteiger partial charge in [0.2, 0.25) is 0 Å². The van der Waals surface area contributed by atoms with Crippen LogP contribution in [0.4, 0.5) is 0 Å². The minimum atomic E-state index is 1.10. The van der Waals surface area contributed by atoms with Crippen LogP contribution < -0.4 is 0 Å². The lowest BCUT2D eigenvalue weighted by molar-refractivity contribution is 1.18. The van der Waals surface area contributed by atoms with Gasteiger partial charge in [0.1, 0.15) is 0 Å². The van der Waals surface area contributed by atoms with Crippen molar-refractivity contribution >= 4 is 5.57 Å². The van der Waals surface area contributed by atoms with E-state index in [9.17, 15) is 0 Å². The monoisotopic (exact) mass is 220 g/mol. The second-order valence-corrected chi connectivity index (χ2v) is 4.86. The number of rotatable bonds is 1. The van der Waals surface area contributed by atoms with Crippen molar-refractivity contribution in [2.75, 3.05) is 0 Å². The van der Waals surface area contributed by atoms with Gasteiger partial charge >= 0.3 is 0 Å². The molecule has 0 unspecified atom stereocenters. The zero-order chi connectivity index (χ0) is 11.8. The number of aryl methyl sites for hydroxylation is 1. The molecule has 0 heterocycles. The van der Waals surface area contributed by atoms with Gasteiger partial charge < -0.3 is 0 Å². The molecule has 0 bridgehead atoms. The predicted octanol–water partition coefficient (Wildman–Crippen LogP) is 4.37. The molecule has 0 saturated carbocycles. The summed E-state index contributed by atoms with van der Waals surface area (Å²) in [4.78, 5) is 0. The highest BCUT2D eigenvalue weighted by Gasteiger charge is 2.19. The molecule has 1 aliphatic rings. The minimum Gasteiger partial charge on any atom is -0.0622 e. The van der Waals surface area contributed by atoms with E-state index < -0.39 is 0 Å². The largest absolute Gasteiger partial charge is 0.0622 e. The second kappa shape index (κ2) is 3.89. The van der Waals surface area contributed by atoms with Crippen LogP contribution in [0.5, 0.6) is 0 Å². The fourth-order valence-electron chi connectivity index (χ4n) is 2.72. The summed E-state index contributed by atoms with van der Waals surface area (Å²) in [5.41, 5.74) is 8.50. The molecule has 17 heavy (non-hydrogen) atoms. The summed E-state index contributed by atoms with van der Waals surface area (Å²) in [6.07, 6.45) is 1.10. The average Bonchev–Trinajstić information content (AvgIpc) is 2.65. The first-order valence-corrected chi connectivity index (χ1v) is 6.11. The minimum absolute atomic E-state index is 1.10. The van der Waals surface area contributed by atoms with E-state index in [-0.39, 0.29) is 0 Å². The van der Waals surface area contributed by atoms with Gasteiger partial charge in [-0.05, 0) is 42.5 Å². The lowest BCUT2D eigenvalue weighted by Gasteiger charge is -2.07. The molecule has 0 aliphatic heterocycles. The zero-order valence-corrected chi connectivity index (χ0v) is 10.3. The van der Waals surface area contributed by atoms with Crippen molar-refractivity contribution in [3.63, 3.8) is 0 Å². The normalized spacial score (nSPS) is 14.0. The van der Waals surface area contributed by atoms with E-state index in [1.165, 1.54) is 33.4 Å². The van der Waals surface area contributed by atoms with Crippen molar-refractivity contribution in [3.8, 4) is 0 Å². The van der Waals surface area contributed by atoms with Crippen LogP contribution in [0.3, 0.4) is 0 Å². The van der Waals surface area contributed by atoms with Gasteiger partial charge in [-0.15, -0.1) is 0 Å². The van der Waals surface area contributed by atoms with Crippen LogP contribution in [0.2, 0.25) is 0 Å². The highest BCUT2D eigenvalue weighted by atomic mass is 14.2. The summed E-state index contributed by atoms with van der Waals surface area (Å²) in [6.45, 7) is 4.41. The Morgan fingerprint density at radius 1 is 0.882 bits per heavy atom. The smallest absolute Gasteiger partial charge is 0.00542 e. The van der Waals surface area contributed by atoms with E-state index in [1.807, 2.05) is 0 Å². The van der Waals surface area contributed by atoms with Gasteiger partial charge in [-0.1, -0.05) is 59.7 Å². The molecule has 1 aliphatic carbocycles. The first kappa shape index (κ1) is 10.3. The molecule has 0 heteroatoms. The van der Waals surface area contributed by atoms with Crippen LogP contribution in [0, 0.1) is 6.92 Å². The lowest BCUT2D eigenvalue weighted by Crippen LogP contribution is -1.87. The summed E-state index contributed by atoms with van der Waals surface area (Å²) in [5.74, 6) is 0. The summed E-state index contributed by atoms with van der Waals surface area (Å²) < 4.78 is 0. The van der Waals surface area contributed by atoms with Crippen molar-refractivity contribution in [1.29, 1.82) is 0 Å². The lowest BCUT2D eigenvalue weighted by atomic mass is 9.97. The third kappa shape index (κ3) is 1.70. The fourth-order valence-corrected chi connectivity index (χ4v) is 2.72. The molecular formula is C17H16. The van der Waals surface area contributed by atoms with Gasteiger partial charge in [0.25, 0.3) is 0 Å². The molecule has 0 saturated heterocycles. The quantitative estimate of drug-likeness (QED) is 0.669. The van der Waals surface area contributed by atoms with Crippen LogP contribution in [0.15, 0.2) is 54.1 Å². The van der Waals surface area contributed by atoms with Crippen molar-refractivity contribution in [3.05, 3.63) is 76.4 Å². The molecule has 0 amide bonds. The van der Waals surface area contributed by atoms with Gasteiger partial charge in [0, 0.05) is 0 Å². The molecule has 2 aromatic rings. The summed E-state index contributed by atoms with van der Waals surface area (Å²) in [7, 11) is 0. The molecule has 0 aromatic heterocycles. The molecule has 3 rings (SSSR count). The van der Waals surface area contributed by atoms with Crippen LogP contribution in [-0.2, 0) is 6.42 Å². The fraction of sp³-hybridized carbons (Fsp3) is 0.176. The summed E-state index contributed by atoms with van der Waals surface area (Å²) in [6, 6.07) is 17.5. The highest BCUT2D eigenvalue weighted by Crippen LogP contribution is 2.37. The van der Waals surface area contributed by atoms with E-state index in [1.54, 1.807) is 0 Å². The standard InChI is InChI=1S/C17H16/c1-12-8-9-16-15(10-12)11-13(2)17(16)14-6-4-3-5-7-14/h3-10H,11H2,1-2H3. The highest BCUT2D eigenvalue weighted by molar-refractivity contribution is 5.87. The molecule has 0 spiro atoms. The number of hydrogen-bond donors (Lipinski definition) is 0. The van der Waals surface area contributed by atoms with Crippen molar-refractivity contribution in [1.82, 2.24) is 0 Å². The SMILES string of the molecule is CC1=C(c2ccccc2)c2ccc(C)cc2C1. The Labute approximate surface area is 103 Å². The van der Waals surface area contributed by atoms with Crippen molar-refractivity contribution < 1.29 is 0 Å². The Morgan fingerprint density at radius 2 is 1.65 bits per heavy atom. The van der Waals surface area contributed by atoms with E-state index >= 15 is 0 Å². The van der Waals surface area contributed by atoms with E-state index in [0.717, 1.165) is 6.42 Å². The molecule has 0 N–H and O–H groups in total. The maximum absolute atomic E-state index is 2.31. The average molecular weight is 220 g/mol. The summed E-state index contributed by atoms with van der Waals surface area (Å²) in [5, 5.41) is 0. The van der Waals surface area contributed by atoms with Gasteiger partial charge in [0.15, 0.2) is 0 Å². The van der Waals surface area contributed by atoms with Gasteiger partial charge in [-0.25, -0.2) is 0 Å². The Bertz CT molecular complexity index is 589. The van der Waals surface area contributed by atoms with Crippen LogP contribution in [0.1, 0.15) is 29.2 Å². The molecule has 0 atom stereocenters. The first-order chi connectivity index (χ1) is 8.25. The number of allylic oxidation sites excluding steroid dienone is 1. The Balaban J connectivity index is 2.17. The Kier molecular flexibility index (Phi) is 2.36. The van der Waals surface area contributed by atoms with Crippen molar-refractivity contribution in [2.24, 2.45) is 0 Å². The molecule has 0 radical (unpaired) electrons. The molecular weight excluding hydrogens is 204 g/mol. The Morgan fingerprint density at radius 3 is 2.41 bits per heavy atom. The van der Waals surface area contributed by atoms with Gasteiger partial charge in [-0.2, -0.15) is 0 Å². The third-order valence-electron chi connectivity index (χ3n) is 3.47. The van der Waals surface area contributed by atoms with Crippen molar-refractivity contribution in [2.45, 2.75) is 20.3 Å². The molecule has 0 fully saturated rings. The topological polar surface area (TPSA) is 0 Å². The van der Waals surface area contributed by atoms with Gasteiger partial charge in [0.05, 0.1) is 0 Å². The number of hydrogen-bond acceptors (Lipinski definition) is 0. The second-order valence-electron chi connectivity index (χ2n) is 4.86. The third-order valence-corrected chi connectivity index (χ3v) is 3.47. The molecule has 2 aromatic carbocycles. The summed E-state index contributed by atoms with van der Waals surface area (Å²) >= 11 is 0. The first-order valence-electron chi connectivity index (χ1n) is 6.11. The van der Waals surface area contributed by atoms with Crippen LogP contribution in [0.25, 0.3) is 5.57 Å². The van der Waals surface area contributed by atoms with Crippen LogP contribution in [-0.4, -0.2) is 0 Å². The van der Waals surface area contributed by atoms with Gasteiger partial charge in [-0.3, -0.25) is 0 Å². The Hall–Kier alpha value is -1.82. The number of benzene rings is 2. The van der Waals surface area contributed by atoms with E-state index in [4.69, 9.17) is 0 Å².